The molecule has 0 spiro atoms. The predicted molar refractivity (Wildman–Crippen MR) is 108 cm³/mol. The van der Waals surface area contributed by atoms with Gasteiger partial charge < -0.3 is 14.8 Å². The van der Waals surface area contributed by atoms with Crippen molar-refractivity contribution in [2.45, 2.75) is 18.2 Å². The number of aromatic nitrogens is 1. The van der Waals surface area contributed by atoms with E-state index in [0.717, 1.165) is 25.9 Å². The first-order valence-corrected chi connectivity index (χ1v) is 10.00. The standard InChI is InChI=1S/C19H20N2O3S2/c1-4-24-13-6-7-14-17(10-13)26-19(21-14)25-11-18(22)20-15-9-12(2)5-8-16(15)23-3/h5-10H,4,11H2,1-3H3,(H,20,22). The summed E-state index contributed by atoms with van der Waals surface area (Å²) in [5.74, 6) is 1.69. The van der Waals surface area contributed by atoms with Crippen LogP contribution in [0, 0.1) is 6.92 Å². The van der Waals surface area contributed by atoms with E-state index in [2.05, 4.69) is 10.3 Å². The van der Waals surface area contributed by atoms with Crippen LogP contribution in [0.2, 0.25) is 0 Å². The van der Waals surface area contributed by atoms with E-state index in [1.54, 1.807) is 18.4 Å². The monoisotopic (exact) mass is 388 g/mol. The van der Waals surface area contributed by atoms with E-state index < -0.39 is 0 Å². The van der Waals surface area contributed by atoms with Crippen molar-refractivity contribution in [3.05, 3.63) is 42.0 Å². The minimum absolute atomic E-state index is 0.0897. The molecule has 1 aromatic heterocycles. The van der Waals surface area contributed by atoms with Gasteiger partial charge in [-0.1, -0.05) is 17.8 Å². The largest absolute Gasteiger partial charge is 0.495 e. The van der Waals surface area contributed by atoms with E-state index in [-0.39, 0.29) is 11.7 Å². The summed E-state index contributed by atoms with van der Waals surface area (Å²) in [6.07, 6.45) is 0. The van der Waals surface area contributed by atoms with Crippen LogP contribution in [0.25, 0.3) is 10.2 Å². The van der Waals surface area contributed by atoms with Gasteiger partial charge in [0, 0.05) is 0 Å². The zero-order valence-corrected chi connectivity index (χ0v) is 16.5. The topological polar surface area (TPSA) is 60.5 Å². The van der Waals surface area contributed by atoms with Gasteiger partial charge >= 0.3 is 0 Å². The van der Waals surface area contributed by atoms with Crippen molar-refractivity contribution in [1.82, 2.24) is 4.98 Å². The first-order valence-electron chi connectivity index (χ1n) is 8.19. The quantitative estimate of drug-likeness (QED) is 0.592. The Morgan fingerprint density at radius 3 is 2.88 bits per heavy atom. The second kappa shape index (κ2) is 8.42. The van der Waals surface area contributed by atoms with Crippen molar-refractivity contribution >= 4 is 44.9 Å². The number of ether oxygens (including phenoxy) is 2. The van der Waals surface area contributed by atoms with Gasteiger partial charge in [-0.05, 0) is 49.7 Å². The normalized spacial score (nSPS) is 10.7. The smallest absolute Gasteiger partial charge is 0.234 e. The molecule has 1 N–H and O–H groups in total. The minimum atomic E-state index is -0.0897. The summed E-state index contributed by atoms with van der Waals surface area (Å²) in [7, 11) is 1.59. The molecule has 2 aromatic carbocycles. The summed E-state index contributed by atoms with van der Waals surface area (Å²) >= 11 is 2.99. The molecule has 5 nitrogen and oxygen atoms in total. The summed E-state index contributed by atoms with van der Waals surface area (Å²) < 4.78 is 12.7. The third-order valence-electron chi connectivity index (χ3n) is 3.61. The number of thioether (sulfide) groups is 1. The minimum Gasteiger partial charge on any atom is -0.495 e. The van der Waals surface area contributed by atoms with Gasteiger partial charge in [0.15, 0.2) is 4.34 Å². The third-order valence-corrected chi connectivity index (χ3v) is 5.77. The van der Waals surface area contributed by atoms with Crippen LogP contribution in [-0.2, 0) is 4.79 Å². The van der Waals surface area contributed by atoms with Crippen molar-refractivity contribution in [3.8, 4) is 11.5 Å². The molecule has 7 heteroatoms. The molecule has 0 bridgehead atoms. The maximum absolute atomic E-state index is 12.3. The van der Waals surface area contributed by atoms with Crippen LogP contribution in [0.4, 0.5) is 5.69 Å². The Morgan fingerprint density at radius 1 is 1.27 bits per heavy atom. The molecule has 0 radical (unpaired) electrons. The van der Waals surface area contributed by atoms with E-state index in [0.29, 0.717) is 18.0 Å². The molecule has 0 fully saturated rings. The molecule has 0 aliphatic heterocycles. The molecule has 1 amide bonds. The predicted octanol–water partition coefficient (Wildman–Crippen LogP) is 4.74. The first kappa shape index (κ1) is 18.5. The van der Waals surface area contributed by atoms with Gasteiger partial charge in [0.1, 0.15) is 11.5 Å². The molecule has 0 saturated carbocycles. The third kappa shape index (κ3) is 4.47. The van der Waals surface area contributed by atoms with Crippen LogP contribution in [-0.4, -0.2) is 30.4 Å². The van der Waals surface area contributed by atoms with Gasteiger partial charge in [-0.3, -0.25) is 4.79 Å². The van der Waals surface area contributed by atoms with E-state index in [1.165, 1.54) is 11.8 Å². The molecular weight excluding hydrogens is 368 g/mol. The van der Waals surface area contributed by atoms with Gasteiger partial charge in [0.25, 0.3) is 0 Å². The Kier molecular flexibility index (Phi) is 6.00. The van der Waals surface area contributed by atoms with Crippen molar-refractivity contribution < 1.29 is 14.3 Å². The van der Waals surface area contributed by atoms with Crippen molar-refractivity contribution in [2.24, 2.45) is 0 Å². The number of aryl methyl sites for hydroxylation is 1. The van der Waals surface area contributed by atoms with E-state index >= 15 is 0 Å². The van der Waals surface area contributed by atoms with Crippen LogP contribution in [0.15, 0.2) is 40.7 Å². The highest BCUT2D eigenvalue weighted by molar-refractivity contribution is 8.01. The molecule has 0 unspecified atom stereocenters. The van der Waals surface area contributed by atoms with Crippen molar-refractivity contribution in [1.29, 1.82) is 0 Å². The van der Waals surface area contributed by atoms with Gasteiger partial charge in [0.2, 0.25) is 5.91 Å². The SMILES string of the molecule is CCOc1ccc2nc(SCC(=O)Nc3cc(C)ccc3OC)sc2c1. The molecular formula is C19H20N2O3S2. The lowest BCUT2D eigenvalue weighted by molar-refractivity contribution is -0.113. The van der Waals surface area contributed by atoms with Gasteiger partial charge in [0.05, 0.1) is 35.4 Å². The van der Waals surface area contributed by atoms with Crippen molar-refractivity contribution in [2.75, 3.05) is 24.8 Å². The summed E-state index contributed by atoms with van der Waals surface area (Å²) in [6, 6.07) is 11.5. The van der Waals surface area contributed by atoms with Gasteiger partial charge in [-0.15, -0.1) is 11.3 Å². The number of amides is 1. The molecule has 136 valence electrons. The molecule has 3 rings (SSSR count). The molecule has 0 aliphatic carbocycles. The fourth-order valence-electron chi connectivity index (χ4n) is 2.44. The zero-order valence-electron chi connectivity index (χ0n) is 14.9. The average molecular weight is 389 g/mol. The number of carbonyl (C=O) groups excluding carboxylic acids is 1. The summed E-state index contributed by atoms with van der Waals surface area (Å²) in [4.78, 5) is 16.9. The maximum atomic E-state index is 12.3. The fourth-order valence-corrected chi connectivity index (χ4v) is 4.33. The summed E-state index contributed by atoms with van der Waals surface area (Å²) in [5, 5.41) is 2.90. The van der Waals surface area contributed by atoms with Crippen LogP contribution < -0.4 is 14.8 Å². The second-order valence-electron chi connectivity index (χ2n) is 5.58. The number of carbonyl (C=O) groups is 1. The lowest BCUT2D eigenvalue weighted by Gasteiger charge is -2.10. The highest BCUT2D eigenvalue weighted by Gasteiger charge is 2.11. The number of rotatable bonds is 7. The fraction of sp³-hybridized carbons (Fsp3) is 0.263. The Balaban J connectivity index is 1.64. The molecule has 0 aliphatic rings. The Morgan fingerprint density at radius 2 is 2.12 bits per heavy atom. The Hall–Kier alpha value is -2.25. The highest BCUT2D eigenvalue weighted by atomic mass is 32.2. The van der Waals surface area contributed by atoms with E-state index in [1.807, 2.05) is 50.2 Å². The number of nitrogens with zero attached hydrogens (tertiary/aromatic N) is 1. The molecule has 3 aromatic rings. The Labute approximate surface area is 160 Å². The Bertz CT molecular complexity index is 924. The van der Waals surface area contributed by atoms with E-state index in [9.17, 15) is 4.79 Å². The van der Waals surface area contributed by atoms with Crippen LogP contribution >= 0.6 is 23.1 Å². The first-order chi connectivity index (χ1) is 12.6. The van der Waals surface area contributed by atoms with E-state index in [4.69, 9.17) is 9.47 Å². The maximum Gasteiger partial charge on any atom is 0.234 e. The van der Waals surface area contributed by atoms with Gasteiger partial charge in [-0.2, -0.15) is 0 Å². The number of benzene rings is 2. The lowest BCUT2D eigenvalue weighted by atomic mass is 10.2. The number of hydrogen-bond acceptors (Lipinski definition) is 6. The number of methoxy groups -OCH3 is 1. The average Bonchev–Trinajstić information content (AvgIpc) is 3.03. The van der Waals surface area contributed by atoms with Crippen LogP contribution in [0.3, 0.4) is 0 Å². The number of nitrogens with one attached hydrogen (secondary N) is 1. The number of hydrogen-bond donors (Lipinski definition) is 1. The highest BCUT2D eigenvalue weighted by Crippen LogP contribution is 2.32. The van der Waals surface area contributed by atoms with Crippen LogP contribution in [0.1, 0.15) is 12.5 Å². The molecule has 1 heterocycles. The zero-order chi connectivity index (χ0) is 18.5. The molecule has 0 atom stereocenters. The summed E-state index contributed by atoms with van der Waals surface area (Å²) in [5.41, 5.74) is 2.66. The molecule has 0 saturated heterocycles. The van der Waals surface area contributed by atoms with Crippen LogP contribution in [0.5, 0.6) is 11.5 Å². The summed E-state index contributed by atoms with van der Waals surface area (Å²) in [6.45, 7) is 4.57. The van der Waals surface area contributed by atoms with Crippen molar-refractivity contribution in [3.63, 3.8) is 0 Å². The second-order valence-corrected chi connectivity index (χ2v) is 7.84. The lowest BCUT2D eigenvalue weighted by Crippen LogP contribution is -2.14. The number of fused-ring (bicyclic) bond motifs is 1. The number of thiazole rings is 1. The molecule has 26 heavy (non-hydrogen) atoms. The number of anilines is 1. The van der Waals surface area contributed by atoms with Gasteiger partial charge in [-0.25, -0.2) is 4.98 Å².